The maximum atomic E-state index is 9.32. The minimum atomic E-state index is 0.0843. The summed E-state index contributed by atoms with van der Waals surface area (Å²) in [5.41, 5.74) is 2.44. The fourth-order valence-electron chi connectivity index (χ4n) is 0.978. The first-order valence-corrected chi connectivity index (χ1v) is 4.24. The molecule has 0 amide bonds. The third kappa shape index (κ3) is 0.765. The van der Waals surface area contributed by atoms with Crippen LogP contribution >= 0.6 is 22.9 Å². The molecule has 2 rings (SSSR count). The summed E-state index contributed by atoms with van der Waals surface area (Å²) in [6.45, 7) is 0. The molecular weight excluding hydrogens is 184 g/mol. The average Bonchev–Trinajstić information content (AvgIpc) is 2.53. The van der Waals surface area contributed by atoms with Gasteiger partial charge in [0.1, 0.15) is 5.02 Å². The molecule has 5 heteroatoms. The Balaban J connectivity index is 3.00. The fourth-order valence-corrected chi connectivity index (χ4v) is 2.07. The molecule has 0 radical (unpaired) electrons. The van der Waals surface area contributed by atoms with Crippen LogP contribution < -0.4 is 0 Å². The SMILES string of the molecule is Cn1c(O)c(Cl)c2scnc21. The molecule has 0 spiro atoms. The zero-order valence-electron chi connectivity index (χ0n) is 5.71. The van der Waals surface area contributed by atoms with Gasteiger partial charge in [-0.25, -0.2) is 4.98 Å². The van der Waals surface area contributed by atoms with Crippen LogP contribution in [0.1, 0.15) is 0 Å². The van der Waals surface area contributed by atoms with Crippen molar-refractivity contribution in [1.82, 2.24) is 9.55 Å². The van der Waals surface area contributed by atoms with Gasteiger partial charge in [-0.1, -0.05) is 11.6 Å². The molecule has 2 aromatic rings. The predicted molar refractivity (Wildman–Crippen MR) is 45.3 cm³/mol. The first-order chi connectivity index (χ1) is 5.22. The highest BCUT2D eigenvalue weighted by Gasteiger charge is 2.13. The van der Waals surface area contributed by atoms with Crippen LogP contribution in [0.5, 0.6) is 5.88 Å². The van der Waals surface area contributed by atoms with Gasteiger partial charge in [0.2, 0.25) is 5.88 Å². The number of hydrogen-bond donors (Lipinski definition) is 1. The van der Waals surface area contributed by atoms with Crippen molar-refractivity contribution in [2.24, 2.45) is 7.05 Å². The summed E-state index contributed by atoms with van der Waals surface area (Å²) >= 11 is 7.21. The summed E-state index contributed by atoms with van der Waals surface area (Å²) in [4.78, 5) is 4.04. The first kappa shape index (κ1) is 6.94. The Morgan fingerprint density at radius 2 is 2.45 bits per heavy atom. The molecule has 0 aromatic carbocycles. The standard InChI is InChI=1S/C6H5ClN2OS/c1-9-5-4(11-2-8-5)3(7)6(9)10/h2,10H,1H3. The summed E-state index contributed by atoms with van der Waals surface area (Å²) in [6.07, 6.45) is 0. The van der Waals surface area contributed by atoms with E-state index in [1.54, 1.807) is 17.1 Å². The molecule has 0 fully saturated rings. The Labute approximate surface area is 71.9 Å². The van der Waals surface area contributed by atoms with Crippen LogP contribution in [0.4, 0.5) is 0 Å². The average molecular weight is 189 g/mol. The molecule has 0 saturated carbocycles. The quantitative estimate of drug-likeness (QED) is 0.687. The van der Waals surface area contributed by atoms with Crippen molar-refractivity contribution in [3.8, 4) is 5.88 Å². The third-order valence-corrected chi connectivity index (χ3v) is 2.88. The number of aryl methyl sites for hydroxylation is 1. The molecule has 0 atom stereocenters. The Kier molecular flexibility index (Phi) is 1.34. The first-order valence-electron chi connectivity index (χ1n) is 2.98. The fraction of sp³-hybridized carbons (Fsp3) is 0.167. The van der Waals surface area contributed by atoms with Crippen LogP contribution in [-0.4, -0.2) is 14.7 Å². The number of aromatic nitrogens is 2. The van der Waals surface area contributed by atoms with Gasteiger partial charge in [0, 0.05) is 7.05 Å². The van der Waals surface area contributed by atoms with Crippen molar-refractivity contribution in [2.75, 3.05) is 0 Å². The molecule has 0 bridgehead atoms. The van der Waals surface area contributed by atoms with Gasteiger partial charge in [-0.2, -0.15) is 0 Å². The maximum Gasteiger partial charge on any atom is 0.213 e. The van der Waals surface area contributed by atoms with Gasteiger partial charge in [-0.05, 0) is 0 Å². The summed E-state index contributed by atoms with van der Waals surface area (Å²) in [7, 11) is 1.73. The van der Waals surface area contributed by atoms with Crippen molar-refractivity contribution >= 4 is 33.3 Å². The van der Waals surface area contributed by atoms with Crippen LogP contribution in [0.25, 0.3) is 10.3 Å². The molecular formula is C6H5ClN2OS. The number of rotatable bonds is 0. The van der Waals surface area contributed by atoms with E-state index in [-0.39, 0.29) is 5.88 Å². The molecule has 0 aliphatic rings. The molecule has 58 valence electrons. The van der Waals surface area contributed by atoms with E-state index in [0.717, 1.165) is 10.3 Å². The topological polar surface area (TPSA) is 38.0 Å². The van der Waals surface area contributed by atoms with E-state index in [2.05, 4.69) is 4.98 Å². The van der Waals surface area contributed by atoms with Gasteiger partial charge in [0.05, 0.1) is 10.2 Å². The predicted octanol–water partition coefficient (Wildman–Crippen LogP) is 1.99. The van der Waals surface area contributed by atoms with Crippen molar-refractivity contribution in [1.29, 1.82) is 0 Å². The van der Waals surface area contributed by atoms with E-state index in [9.17, 15) is 5.11 Å². The van der Waals surface area contributed by atoms with Gasteiger partial charge in [-0.3, -0.25) is 4.57 Å². The van der Waals surface area contributed by atoms with E-state index in [1.165, 1.54) is 11.3 Å². The van der Waals surface area contributed by atoms with Crippen LogP contribution in [0.2, 0.25) is 5.02 Å². The molecule has 11 heavy (non-hydrogen) atoms. The van der Waals surface area contributed by atoms with E-state index in [0.29, 0.717) is 5.02 Å². The number of nitrogens with zero attached hydrogens (tertiary/aromatic N) is 2. The van der Waals surface area contributed by atoms with Gasteiger partial charge >= 0.3 is 0 Å². The van der Waals surface area contributed by atoms with Crippen LogP contribution in [0.3, 0.4) is 0 Å². The zero-order valence-corrected chi connectivity index (χ0v) is 7.28. The van der Waals surface area contributed by atoms with E-state index in [4.69, 9.17) is 11.6 Å². The summed E-state index contributed by atoms with van der Waals surface area (Å²) < 4.78 is 2.40. The molecule has 0 saturated heterocycles. The Bertz CT molecular complexity index is 371. The highest BCUT2D eigenvalue weighted by atomic mass is 35.5. The number of thiazole rings is 1. The number of fused-ring (bicyclic) bond motifs is 1. The van der Waals surface area contributed by atoms with E-state index in [1.807, 2.05) is 0 Å². The highest BCUT2D eigenvalue weighted by Crippen LogP contribution is 2.36. The smallest absolute Gasteiger partial charge is 0.213 e. The lowest BCUT2D eigenvalue weighted by molar-refractivity contribution is 0.435. The molecule has 0 unspecified atom stereocenters. The Morgan fingerprint density at radius 3 is 3.09 bits per heavy atom. The Morgan fingerprint density at radius 1 is 1.73 bits per heavy atom. The molecule has 0 aliphatic carbocycles. The zero-order chi connectivity index (χ0) is 8.01. The van der Waals surface area contributed by atoms with Crippen LogP contribution in [0, 0.1) is 0 Å². The minimum Gasteiger partial charge on any atom is -0.493 e. The maximum absolute atomic E-state index is 9.32. The molecule has 1 N–H and O–H groups in total. The lowest BCUT2D eigenvalue weighted by Crippen LogP contribution is -1.85. The number of aromatic hydroxyl groups is 1. The Hall–Kier alpha value is -0.740. The van der Waals surface area contributed by atoms with Gasteiger partial charge in [0.25, 0.3) is 0 Å². The van der Waals surface area contributed by atoms with Gasteiger partial charge in [0.15, 0.2) is 5.65 Å². The molecule has 2 heterocycles. The second-order valence-corrected chi connectivity index (χ2v) is 3.43. The van der Waals surface area contributed by atoms with Gasteiger partial charge < -0.3 is 5.11 Å². The van der Waals surface area contributed by atoms with Crippen molar-refractivity contribution < 1.29 is 5.11 Å². The van der Waals surface area contributed by atoms with Crippen LogP contribution in [0.15, 0.2) is 5.51 Å². The summed E-state index contributed by atoms with van der Waals surface area (Å²) in [5, 5.41) is 9.71. The summed E-state index contributed by atoms with van der Waals surface area (Å²) in [6, 6.07) is 0. The number of hydrogen-bond acceptors (Lipinski definition) is 3. The van der Waals surface area contributed by atoms with Crippen LogP contribution in [-0.2, 0) is 7.05 Å². The molecule has 3 nitrogen and oxygen atoms in total. The highest BCUT2D eigenvalue weighted by molar-refractivity contribution is 7.17. The normalized spacial score (nSPS) is 11.1. The third-order valence-electron chi connectivity index (χ3n) is 1.58. The molecule has 2 aromatic heterocycles. The van der Waals surface area contributed by atoms with E-state index >= 15 is 0 Å². The lowest BCUT2D eigenvalue weighted by atomic mass is 10.6. The van der Waals surface area contributed by atoms with Crippen molar-refractivity contribution in [2.45, 2.75) is 0 Å². The molecule has 0 aliphatic heterocycles. The number of halogens is 1. The second-order valence-electron chi connectivity index (χ2n) is 2.20. The minimum absolute atomic E-state index is 0.0843. The largest absolute Gasteiger partial charge is 0.493 e. The van der Waals surface area contributed by atoms with Gasteiger partial charge in [-0.15, -0.1) is 11.3 Å². The van der Waals surface area contributed by atoms with Crippen molar-refractivity contribution in [3.63, 3.8) is 0 Å². The van der Waals surface area contributed by atoms with E-state index < -0.39 is 0 Å². The van der Waals surface area contributed by atoms with Crippen molar-refractivity contribution in [3.05, 3.63) is 10.5 Å². The summed E-state index contributed by atoms with van der Waals surface area (Å²) in [5.74, 6) is 0.0843. The lowest BCUT2D eigenvalue weighted by Gasteiger charge is -1.92. The second kappa shape index (κ2) is 2.12. The monoisotopic (exact) mass is 188 g/mol.